The van der Waals surface area contributed by atoms with E-state index in [4.69, 9.17) is 18.9 Å². The summed E-state index contributed by atoms with van der Waals surface area (Å²) in [7, 11) is 0. The van der Waals surface area contributed by atoms with E-state index in [0.717, 1.165) is 6.92 Å². The molecule has 2 unspecified atom stereocenters. The Balaban J connectivity index is 2.02. The first kappa shape index (κ1) is 13.8. The lowest BCUT2D eigenvalue weighted by Crippen LogP contribution is -2.22. The van der Waals surface area contributed by atoms with Crippen molar-refractivity contribution < 1.29 is 27.7 Å². The van der Waals surface area contributed by atoms with Gasteiger partial charge in [-0.25, -0.2) is 8.78 Å². The number of alkyl halides is 2. The molecule has 1 fully saturated rings. The van der Waals surface area contributed by atoms with Gasteiger partial charge in [0.15, 0.2) is 0 Å². The Bertz CT molecular complexity index is 196. The summed E-state index contributed by atoms with van der Waals surface area (Å²) in [5.41, 5.74) is 0. The lowest BCUT2D eigenvalue weighted by atomic mass is 10.3. The van der Waals surface area contributed by atoms with E-state index in [1.807, 2.05) is 6.92 Å². The third-order valence-electron chi connectivity index (χ3n) is 2.01. The molecule has 1 aliphatic rings. The van der Waals surface area contributed by atoms with Crippen molar-refractivity contribution in [1.82, 2.24) is 0 Å². The fourth-order valence-corrected chi connectivity index (χ4v) is 1.20. The molecule has 0 aromatic carbocycles. The van der Waals surface area contributed by atoms with E-state index in [1.165, 1.54) is 0 Å². The molecule has 0 aliphatic carbocycles. The molecule has 4 nitrogen and oxygen atoms in total. The van der Waals surface area contributed by atoms with E-state index < -0.39 is 12.4 Å². The molecule has 0 bridgehead atoms. The maximum Gasteiger partial charge on any atom is 0.272 e. The summed E-state index contributed by atoms with van der Waals surface area (Å²) in [6.45, 7) is 3.19. The first-order valence-corrected chi connectivity index (χ1v) is 5.35. The minimum atomic E-state index is -2.68. The minimum Gasteiger partial charge on any atom is -0.378 e. The summed E-state index contributed by atoms with van der Waals surface area (Å²) in [6, 6.07) is 0. The Morgan fingerprint density at radius 2 is 2.19 bits per heavy atom. The molecule has 1 rings (SSSR count). The lowest BCUT2D eigenvalue weighted by molar-refractivity contribution is -0.237. The van der Waals surface area contributed by atoms with E-state index in [9.17, 15) is 8.78 Å². The third-order valence-corrected chi connectivity index (χ3v) is 2.01. The normalized spacial score (nSPS) is 26.2. The number of halogens is 2. The van der Waals surface area contributed by atoms with Crippen molar-refractivity contribution in [2.24, 2.45) is 0 Å². The molecule has 1 saturated heterocycles. The highest BCUT2D eigenvalue weighted by Gasteiger charge is 2.27. The average Bonchev–Trinajstić information content (AvgIpc) is 2.60. The van der Waals surface area contributed by atoms with Crippen LogP contribution in [0, 0.1) is 0 Å². The molecule has 2 atom stereocenters. The van der Waals surface area contributed by atoms with Crippen LogP contribution in [0.2, 0.25) is 0 Å². The summed E-state index contributed by atoms with van der Waals surface area (Å²) >= 11 is 0. The molecule has 1 heterocycles. The smallest absolute Gasteiger partial charge is 0.272 e. The third kappa shape index (κ3) is 5.69. The summed E-state index contributed by atoms with van der Waals surface area (Å²) in [5.74, 6) is -2.68. The zero-order valence-electron chi connectivity index (χ0n) is 9.58. The first-order valence-electron chi connectivity index (χ1n) is 5.35. The lowest BCUT2D eigenvalue weighted by Gasteiger charge is -2.13. The van der Waals surface area contributed by atoms with Crippen molar-refractivity contribution in [3.8, 4) is 0 Å². The second kappa shape index (κ2) is 6.44. The zero-order chi connectivity index (χ0) is 12.0. The SMILES string of the molecule is CCOC1OCC(COCCC(C)(F)F)O1. The van der Waals surface area contributed by atoms with Crippen LogP contribution >= 0.6 is 0 Å². The van der Waals surface area contributed by atoms with Gasteiger partial charge < -0.3 is 18.9 Å². The van der Waals surface area contributed by atoms with E-state index in [1.54, 1.807) is 0 Å². The van der Waals surface area contributed by atoms with Crippen LogP contribution in [0.5, 0.6) is 0 Å². The van der Waals surface area contributed by atoms with Gasteiger partial charge in [-0.15, -0.1) is 0 Å². The maximum atomic E-state index is 12.4. The van der Waals surface area contributed by atoms with Crippen LogP contribution in [-0.4, -0.2) is 44.9 Å². The monoisotopic (exact) mass is 240 g/mol. The second-order valence-electron chi connectivity index (χ2n) is 3.73. The Kier molecular flexibility index (Phi) is 5.54. The molecule has 6 heteroatoms. The van der Waals surface area contributed by atoms with E-state index in [2.05, 4.69) is 0 Å². The van der Waals surface area contributed by atoms with Crippen LogP contribution in [0.15, 0.2) is 0 Å². The average molecular weight is 240 g/mol. The van der Waals surface area contributed by atoms with E-state index in [0.29, 0.717) is 13.2 Å². The van der Waals surface area contributed by atoms with Gasteiger partial charge in [0.1, 0.15) is 6.10 Å². The van der Waals surface area contributed by atoms with Gasteiger partial charge in [-0.3, -0.25) is 0 Å². The topological polar surface area (TPSA) is 36.9 Å². The van der Waals surface area contributed by atoms with Gasteiger partial charge >= 0.3 is 0 Å². The van der Waals surface area contributed by atoms with Crippen LogP contribution in [0.1, 0.15) is 20.3 Å². The largest absolute Gasteiger partial charge is 0.378 e. The van der Waals surface area contributed by atoms with E-state index >= 15 is 0 Å². The maximum absolute atomic E-state index is 12.4. The number of ether oxygens (including phenoxy) is 4. The molecule has 0 aromatic rings. The Labute approximate surface area is 93.8 Å². The molecule has 0 aromatic heterocycles. The van der Waals surface area contributed by atoms with Crippen molar-refractivity contribution in [2.75, 3.05) is 26.4 Å². The predicted octanol–water partition coefficient (Wildman–Crippen LogP) is 1.78. The van der Waals surface area contributed by atoms with Crippen molar-refractivity contribution in [3.05, 3.63) is 0 Å². The van der Waals surface area contributed by atoms with Crippen LogP contribution in [0.4, 0.5) is 8.78 Å². The second-order valence-corrected chi connectivity index (χ2v) is 3.73. The van der Waals surface area contributed by atoms with Gasteiger partial charge in [-0.1, -0.05) is 0 Å². The highest BCUT2D eigenvalue weighted by molar-refractivity contribution is 4.62. The predicted molar refractivity (Wildman–Crippen MR) is 52.3 cm³/mol. The fourth-order valence-electron chi connectivity index (χ4n) is 1.20. The van der Waals surface area contributed by atoms with Crippen LogP contribution in [-0.2, 0) is 18.9 Å². The molecule has 0 amide bonds. The Hall–Kier alpha value is -0.300. The molecule has 1 aliphatic heterocycles. The minimum absolute atomic E-state index is 0.0165. The van der Waals surface area contributed by atoms with Crippen LogP contribution in [0.25, 0.3) is 0 Å². The summed E-state index contributed by atoms with van der Waals surface area (Å²) in [4.78, 5) is 0. The van der Waals surface area contributed by atoms with Crippen molar-refractivity contribution >= 4 is 0 Å². The van der Waals surface area contributed by atoms with Crippen molar-refractivity contribution in [1.29, 1.82) is 0 Å². The standard InChI is InChI=1S/C10H18F2O4/c1-3-14-9-15-7-8(16-9)6-13-5-4-10(2,11)12/h8-9H,3-7H2,1-2H3. The molecule has 0 N–H and O–H groups in total. The van der Waals surface area contributed by atoms with Gasteiger partial charge in [-0.2, -0.15) is 0 Å². The van der Waals surface area contributed by atoms with Crippen molar-refractivity contribution in [3.63, 3.8) is 0 Å². The Morgan fingerprint density at radius 3 is 2.81 bits per heavy atom. The highest BCUT2D eigenvalue weighted by Crippen LogP contribution is 2.17. The molecular weight excluding hydrogens is 222 g/mol. The van der Waals surface area contributed by atoms with Gasteiger partial charge in [-0.05, 0) is 13.8 Å². The molecule has 0 saturated carbocycles. The summed E-state index contributed by atoms with van der Waals surface area (Å²) in [5, 5.41) is 0. The van der Waals surface area contributed by atoms with Crippen molar-refractivity contribution in [2.45, 2.75) is 38.8 Å². The van der Waals surface area contributed by atoms with Gasteiger partial charge in [0.2, 0.25) is 5.92 Å². The van der Waals surface area contributed by atoms with Gasteiger partial charge in [0.25, 0.3) is 6.48 Å². The molecule has 0 spiro atoms. The molecular formula is C10H18F2O4. The summed E-state index contributed by atoms with van der Waals surface area (Å²) in [6.07, 6.45) is -0.517. The molecule has 16 heavy (non-hydrogen) atoms. The fraction of sp³-hybridized carbons (Fsp3) is 1.00. The first-order chi connectivity index (χ1) is 7.51. The van der Waals surface area contributed by atoms with E-state index in [-0.39, 0.29) is 25.7 Å². The quantitative estimate of drug-likeness (QED) is 0.636. The van der Waals surface area contributed by atoms with Crippen LogP contribution in [0.3, 0.4) is 0 Å². The molecule has 0 radical (unpaired) electrons. The number of hydrogen-bond donors (Lipinski definition) is 0. The zero-order valence-corrected chi connectivity index (χ0v) is 9.58. The summed E-state index contributed by atoms with van der Waals surface area (Å²) < 4.78 is 45.4. The molecule has 96 valence electrons. The highest BCUT2D eigenvalue weighted by atomic mass is 19.3. The Morgan fingerprint density at radius 1 is 1.44 bits per heavy atom. The number of rotatable bonds is 7. The van der Waals surface area contributed by atoms with Gasteiger partial charge in [0, 0.05) is 13.0 Å². The van der Waals surface area contributed by atoms with Crippen LogP contribution < -0.4 is 0 Å². The number of hydrogen-bond acceptors (Lipinski definition) is 4. The van der Waals surface area contributed by atoms with Gasteiger partial charge in [0.05, 0.1) is 19.8 Å².